The van der Waals surface area contributed by atoms with E-state index in [1.54, 1.807) is 12.1 Å². The van der Waals surface area contributed by atoms with E-state index in [2.05, 4.69) is 21.2 Å². The van der Waals surface area contributed by atoms with Crippen LogP contribution < -0.4 is 14.8 Å². The molecule has 0 heterocycles. The maximum atomic E-state index is 13.6. The molecule has 6 nitrogen and oxygen atoms in total. The zero-order chi connectivity index (χ0) is 30.0. The SMILES string of the molecule is COC(=O)CC(NC(=O)c1cc(Br)ccc1OCc1ccccc1)c1ccc(-c2ccccc2Oc2ccccc2)cc1. The van der Waals surface area contributed by atoms with Crippen molar-refractivity contribution >= 4 is 27.8 Å². The second-order valence-electron chi connectivity index (χ2n) is 9.75. The summed E-state index contributed by atoms with van der Waals surface area (Å²) in [4.78, 5) is 26.0. The first-order chi connectivity index (χ1) is 21.0. The highest BCUT2D eigenvalue weighted by Crippen LogP contribution is 2.34. The Morgan fingerprint density at radius 3 is 2.16 bits per heavy atom. The lowest BCUT2D eigenvalue weighted by molar-refractivity contribution is -0.141. The Labute approximate surface area is 259 Å². The zero-order valence-corrected chi connectivity index (χ0v) is 25.1. The van der Waals surface area contributed by atoms with Gasteiger partial charge in [0.25, 0.3) is 5.91 Å². The molecule has 5 aromatic rings. The first-order valence-electron chi connectivity index (χ1n) is 13.8. The van der Waals surface area contributed by atoms with Gasteiger partial charge in [0, 0.05) is 10.0 Å². The van der Waals surface area contributed by atoms with Crippen molar-refractivity contribution in [2.45, 2.75) is 19.1 Å². The maximum absolute atomic E-state index is 13.6. The van der Waals surface area contributed by atoms with Crippen LogP contribution in [0.2, 0.25) is 0 Å². The topological polar surface area (TPSA) is 73.9 Å². The van der Waals surface area contributed by atoms with Crippen LogP contribution in [-0.2, 0) is 16.1 Å². The molecular formula is C36H30BrNO5. The number of benzene rings is 5. The fraction of sp³-hybridized carbons (Fsp3) is 0.111. The predicted molar refractivity (Wildman–Crippen MR) is 170 cm³/mol. The average molecular weight is 637 g/mol. The first-order valence-corrected chi connectivity index (χ1v) is 14.6. The number of rotatable bonds is 11. The van der Waals surface area contributed by atoms with E-state index < -0.39 is 12.0 Å². The molecule has 0 saturated carbocycles. The van der Waals surface area contributed by atoms with E-state index in [-0.39, 0.29) is 12.3 Å². The average Bonchev–Trinajstić information content (AvgIpc) is 3.05. The van der Waals surface area contributed by atoms with Gasteiger partial charge in [-0.3, -0.25) is 9.59 Å². The molecule has 1 amide bonds. The third-order valence-electron chi connectivity index (χ3n) is 6.81. The fourth-order valence-corrected chi connectivity index (χ4v) is 4.94. The second-order valence-corrected chi connectivity index (χ2v) is 10.7. The molecule has 216 valence electrons. The van der Waals surface area contributed by atoms with Crippen LogP contribution in [-0.4, -0.2) is 19.0 Å². The summed E-state index contributed by atoms with van der Waals surface area (Å²) in [6.07, 6.45) is -0.0382. The van der Waals surface area contributed by atoms with Crippen LogP contribution in [0.4, 0.5) is 0 Å². The molecular weight excluding hydrogens is 606 g/mol. The molecule has 0 aromatic heterocycles. The van der Waals surface area contributed by atoms with Crippen LogP contribution in [0.15, 0.2) is 132 Å². The molecule has 0 fully saturated rings. The normalized spacial score (nSPS) is 11.3. The van der Waals surface area contributed by atoms with E-state index in [1.165, 1.54) is 7.11 Å². The van der Waals surface area contributed by atoms with Gasteiger partial charge in [-0.15, -0.1) is 0 Å². The number of carbonyl (C=O) groups is 2. The zero-order valence-electron chi connectivity index (χ0n) is 23.5. The molecule has 7 heteroatoms. The Morgan fingerprint density at radius 2 is 1.44 bits per heavy atom. The lowest BCUT2D eigenvalue weighted by Crippen LogP contribution is -2.31. The van der Waals surface area contributed by atoms with Crippen molar-refractivity contribution in [3.05, 3.63) is 149 Å². The Bertz CT molecular complexity index is 1670. The van der Waals surface area contributed by atoms with Gasteiger partial charge in [0.05, 0.1) is 25.1 Å². The molecule has 0 bridgehead atoms. The van der Waals surface area contributed by atoms with Gasteiger partial charge in [0.1, 0.15) is 23.9 Å². The fourth-order valence-electron chi connectivity index (χ4n) is 4.58. The van der Waals surface area contributed by atoms with Crippen LogP contribution in [0.25, 0.3) is 11.1 Å². The molecule has 0 radical (unpaired) electrons. The summed E-state index contributed by atoms with van der Waals surface area (Å²) in [5.74, 6) is 1.09. The largest absolute Gasteiger partial charge is 0.488 e. The summed E-state index contributed by atoms with van der Waals surface area (Å²) in [5.41, 5.74) is 3.94. The molecule has 0 spiro atoms. The number of para-hydroxylation sites is 2. The standard InChI is InChI=1S/C36H30BrNO5/c1-41-35(39)23-32(38-36(40)31-22-28(37)20-21-33(31)42-24-25-10-4-2-5-11-25)27-18-16-26(17-19-27)30-14-8-9-15-34(30)43-29-12-6-3-7-13-29/h2-22,32H,23-24H2,1H3,(H,38,40). The van der Waals surface area contributed by atoms with Crippen molar-refractivity contribution in [3.63, 3.8) is 0 Å². The second kappa shape index (κ2) is 14.3. The quantitative estimate of drug-likeness (QED) is 0.147. The number of hydrogen-bond acceptors (Lipinski definition) is 5. The number of methoxy groups -OCH3 is 1. The van der Waals surface area contributed by atoms with Gasteiger partial charge in [0.2, 0.25) is 0 Å². The summed E-state index contributed by atoms with van der Waals surface area (Å²) in [5, 5.41) is 3.02. The van der Waals surface area contributed by atoms with Gasteiger partial charge in [-0.1, -0.05) is 107 Å². The van der Waals surface area contributed by atoms with Crippen LogP contribution in [0.5, 0.6) is 17.2 Å². The minimum atomic E-state index is -0.634. The lowest BCUT2D eigenvalue weighted by atomic mass is 9.98. The monoisotopic (exact) mass is 635 g/mol. The van der Waals surface area contributed by atoms with E-state index in [0.717, 1.165) is 38.2 Å². The van der Waals surface area contributed by atoms with E-state index >= 15 is 0 Å². The van der Waals surface area contributed by atoms with Gasteiger partial charge in [-0.2, -0.15) is 0 Å². The summed E-state index contributed by atoms with van der Waals surface area (Å²) in [6.45, 7) is 0.311. The van der Waals surface area contributed by atoms with Gasteiger partial charge in [-0.25, -0.2) is 0 Å². The third-order valence-corrected chi connectivity index (χ3v) is 7.30. The highest BCUT2D eigenvalue weighted by Gasteiger charge is 2.22. The Morgan fingerprint density at radius 1 is 0.767 bits per heavy atom. The number of amides is 1. The number of ether oxygens (including phenoxy) is 3. The molecule has 0 saturated heterocycles. The maximum Gasteiger partial charge on any atom is 0.307 e. The van der Waals surface area contributed by atoms with Crippen molar-refractivity contribution in [3.8, 4) is 28.4 Å². The van der Waals surface area contributed by atoms with E-state index in [4.69, 9.17) is 14.2 Å². The first kappa shape index (κ1) is 29.6. The molecule has 5 aromatic carbocycles. The van der Waals surface area contributed by atoms with Crippen LogP contribution in [0, 0.1) is 0 Å². The van der Waals surface area contributed by atoms with E-state index in [1.807, 2.05) is 115 Å². The van der Waals surface area contributed by atoms with Crippen molar-refractivity contribution in [2.24, 2.45) is 0 Å². The summed E-state index contributed by atoms with van der Waals surface area (Å²) >= 11 is 3.46. The minimum absolute atomic E-state index is 0.0382. The molecule has 0 aliphatic heterocycles. The van der Waals surface area contributed by atoms with Crippen molar-refractivity contribution in [1.82, 2.24) is 5.32 Å². The number of carbonyl (C=O) groups excluding carboxylic acids is 2. The molecule has 0 aliphatic carbocycles. The van der Waals surface area contributed by atoms with Crippen molar-refractivity contribution < 1.29 is 23.8 Å². The van der Waals surface area contributed by atoms with Crippen LogP contribution >= 0.6 is 15.9 Å². The Kier molecular flexibility index (Phi) is 9.87. The molecule has 43 heavy (non-hydrogen) atoms. The molecule has 0 aliphatic rings. The molecule has 1 unspecified atom stereocenters. The Hall–Kier alpha value is -4.88. The number of hydrogen-bond donors (Lipinski definition) is 1. The summed E-state index contributed by atoms with van der Waals surface area (Å²) in [7, 11) is 1.33. The molecule has 1 atom stereocenters. The van der Waals surface area contributed by atoms with Gasteiger partial charge >= 0.3 is 5.97 Å². The lowest BCUT2D eigenvalue weighted by Gasteiger charge is -2.20. The third kappa shape index (κ3) is 7.90. The van der Waals surface area contributed by atoms with Gasteiger partial charge < -0.3 is 19.5 Å². The van der Waals surface area contributed by atoms with Gasteiger partial charge in [-0.05, 0) is 53.1 Å². The summed E-state index contributed by atoms with van der Waals surface area (Å²) in [6, 6.07) is 39.5. The number of nitrogens with one attached hydrogen (secondary N) is 1. The van der Waals surface area contributed by atoms with Crippen molar-refractivity contribution in [1.29, 1.82) is 0 Å². The Balaban J connectivity index is 1.37. The molecule has 5 rings (SSSR count). The highest BCUT2D eigenvalue weighted by atomic mass is 79.9. The minimum Gasteiger partial charge on any atom is -0.488 e. The van der Waals surface area contributed by atoms with Crippen molar-refractivity contribution in [2.75, 3.05) is 7.11 Å². The van der Waals surface area contributed by atoms with E-state index in [9.17, 15) is 9.59 Å². The van der Waals surface area contributed by atoms with Crippen LogP contribution in [0.3, 0.4) is 0 Å². The van der Waals surface area contributed by atoms with E-state index in [0.29, 0.717) is 17.9 Å². The van der Waals surface area contributed by atoms with Crippen LogP contribution in [0.1, 0.15) is 33.9 Å². The molecule has 1 N–H and O–H groups in total. The van der Waals surface area contributed by atoms with Gasteiger partial charge in [0.15, 0.2) is 0 Å². The number of esters is 1. The highest BCUT2D eigenvalue weighted by molar-refractivity contribution is 9.10. The predicted octanol–water partition coefficient (Wildman–Crippen LogP) is 8.52. The smallest absolute Gasteiger partial charge is 0.307 e. The summed E-state index contributed by atoms with van der Waals surface area (Å²) < 4.78 is 17.8. The number of halogens is 1.